The molecule has 1 spiro atoms. The van der Waals surface area contributed by atoms with E-state index in [2.05, 4.69) is 40.3 Å². The summed E-state index contributed by atoms with van der Waals surface area (Å²) in [5.41, 5.74) is 4.77. The number of halogens is 1. The standard InChI is InChI=1S/C22H23FN4OS/c1-15(16-2-7-20-19(12-16)24-14-29-20)26-10-8-22(9-11-26)13-27(21(28)25-22)18-5-3-17(23)4-6-18/h2-7,12,14-15H,8-11,13H2,1H3,(H,25,28)/t15-/m1/s1. The number of fused-ring (bicyclic) bond motifs is 1. The monoisotopic (exact) mass is 410 g/mol. The lowest BCUT2D eigenvalue weighted by molar-refractivity contribution is 0.121. The summed E-state index contributed by atoms with van der Waals surface area (Å²) in [6.45, 7) is 4.72. The Morgan fingerprint density at radius 2 is 1.93 bits per heavy atom. The number of hydrogen-bond donors (Lipinski definition) is 1. The van der Waals surface area contributed by atoms with Crippen LogP contribution in [0.1, 0.15) is 31.4 Å². The Morgan fingerprint density at radius 1 is 1.17 bits per heavy atom. The minimum Gasteiger partial charge on any atom is -0.330 e. The number of anilines is 1. The van der Waals surface area contributed by atoms with Gasteiger partial charge in [0.1, 0.15) is 5.82 Å². The van der Waals surface area contributed by atoms with Gasteiger partial charge in [0.2, 0.25) is 0 Å². The highest BCUT2D eigenvalue weighted by Gasteiger charge is 2.45. The molecule has 5 nitrogen and oxygen atoms in total. The summed E-state index contributed by atoms with van der Waals surface area (Å²) in [7, 11) is 0. The van der Waals surface area contributed by atoms with Gasteiger partial charge in [-0.05, 0) is 61.7 Å². The summed E-state index contributed by atoms with van der Waals surface area (Å²) < 4.78 is 14.4. The van der Waals surface area contributed by atoms with Crippen LogP contribution >= 0.6 is 11.3 Å². The first-order valence-electron chi connectivity index (χ1n) is 9.95. The Labute approximate surface area is 173 Å². The summed E-state index contributed by atoms with van der Waals surface area (Å²) in [5, 5.41) is 3.21. The average molecular weight is 411 g/mol. The van der Waals surface area contributed by atoms with E-state index < -0.39 is 0 Å². The maximum atomic E-state index is 13.2. The Balaban J connectivity index is 1.27. The number of urea groups is 1. The average Bonchev–Trinajstić information content (AvgIpc) is 3.32. The predicted molar refractivity (Wildman–Crippen MR) is 114 cm³/mol. The normalized spacial score (nSPS) is 20.3. The molecular weight excluding hydrogens is 387 g/mol. The van der Waals surface area contributed by atoms with Gasteiger partial charge in [-0.2, -0.15) is 0 Å². The van der Waals surface area contributed by atoms with E-state index in [0.717, 1.165) is 37.1 Å². The highest BCUT2D eigenvalue weighted by atomic mass is 32.1. The van der Waals surface area contributed by atoms with E-state index in [9.17, 15) is 9.18 Å². The summed E-state index contributed by atoms with van der Waals surface area (Å²) >= 11 is 1.66. The van der Waals surface area contributed by atoms with E-state index in [4.69, 9.17) is 0 Å². The van der Waals surface area contributed by atoms with Gasteiger partial charge in [0, 0.05) is 24.8 Å². The highest BCUT2D eigenvalue weighted by molar-refractivity contribution is 7.16. The third-order valence-electron chi connectivity index (χ3n) is 6.36. The molecule has 1 atom stereocenters. The number of aromatic nitrogens is 1. The molecular formula is C22H23FN4OS. The van der Waals surface area contributed by atoms with Crippen molar-refractivity contribution in [2.24, 2.45) is 0 Å². The molecule has 5 rings (SSSR count). The first-order chi connectivity index (χ1) is 14.0. The maximum Gasteiger partial charge on any atom is 0.322 e. The first kappa shape index (κ1) is 18.5. The second-order valence-corrected chi connectivity index (χ2v) is 8.95. The van der Waals surface area contributed by atoms with E-state index in [1.54, 1.807) is 28.4 Å². The molecule has 2 aliphatic heterocycles. The van der Waals surface area contributed by atoms with Crippen LogP contribution in [0.4, 0.5) is 14.9 Å². The van der Waals surface area contributed by atoms with Crippen molar-refractivity contribution in [3.8, 4) is 0 Å². The second-order valence-electron chi connectivity index (χ2n) is 8.06. The SMILES string of the molecule is C[C@H](c1ccc2scnc2c1)N1CCC2(CC1)CN(c1ccc(F)cc1)C(=O)N2. The van der Waals surface area contributed by atoms with Crippen molar-refractivity contribution in [1.29, 1.82) is 0 Å². The zero-order valence-corrected chi connectivity index (χ0v) is 17.1. The molecule has 1 aromatic heterocycles. The van der Waals surface area contributed by atoms with E-state index in [1.807, 2.05) is 5.51 Å². The van der Waals surface area contributed by atoms with Crippen LogP contribution in [-0.2, 0) is 0 Å². The number of nitrogens with one attached hydrogen (secondary N) is 1. The molecule has 7 heteroatoms. The summed E-state index contributed by atoms with van der Waals surface area (Å²) in [4.78, 5) is 21.2. The number of benzene rings is 2. The molecule has 29 heavy (non-hydrogen) atoms. The molecule has 0 radical (unpaired) electrons. The minimum absolute atomic E-state index is 0.0907. The highest BCUT2D eigenvalue weighted by Crippen LogP contribution is 2.34. The van der Waals surface area contributed by atoms with Crippen LogP contribution in [0.3, 0.4) is 0 Å². The molecule has 3 heterocycles. The first-order valence-corrected chi connectivity index (χ1v) is 10.8. The fraction of sp³-hybridized carbons (Fsp3) is 0.364. The minimum atomic E-state index is -0.291. The third-order valence-corrected chi connectivity index (χ3v) is 7.17. The van der Waals surface area contributed by atoms with E-state index in [1.165, 1.54) is 22.4 Å². The zero-order chi connectivity index (χ0) is 20.0. The van der Waals surface area contributed by atoms with E-state index in [-0.39, 0.29) is 17.4 Å². The van der Waals surface area contributed by atoms with Crippen molar-refractivity contribution < 1.29 is 9.18 Å². The molecule has 0 unspecified atom stereocenters. The largest absolute Gasteiger partial charge is 0.330 e. The van der Waals surface area contributed by atoms with Gasteiger partial charge in [0.15, 0.2) is 0 Å². The van der Waals surface area contributed by atoms with Crippen LogP contribution < -0.4 is 10.2 Å². The van der Waals surface area contributed by atoms with Gasteiger partial charge in [0.25, 0.3) is 0 Å². The number of nitrogens with zero attached hydrogens (tertiary/aromatic N) is 3. The molecule has 2 aliphatic rings. The number of thiazole rings is 1. The molecule has 3 aromatic rings. The quantitative estimate of drug-likeness (QED) is 0.689. The van der Waals surface area contributed by atoms with Crippen molar-refractivity contribution in [1.82, 2.24) is 15.2 Å². The number of amides is 2. The topological polar surface area (TPSA) is 48.5 Å². The Hall–Kier alpha value is -2.51. The molecule has 0 saturated carbocycles. The number of hydrogen-bond acceptors (Lipinski definition) is 4. The van der Waals surface area contributed by atoms with E-state index >= 15 is 0 Å². The van der Waals surface area contributed by atoms with Crippen LogP contribution in [0.5, 0.6) is 0 Å². The van der Waals surface area contributed by atoms with Gasteiger partial charge in [-0.1, -0.05) is 6.07 Å². The lowest BCUT2D eigenvalue weighted by atomic mass is 9.87. The van der Waals surface area contributed by atoms with Crippen molar-refractivity contribution in [2.45, 2.75) is 31.3 Å². The van der Waals surface area contributed by atoms with Crippen LogP contribution in [0.25, 0.3) is 10.2 Å². The smallest absolute Gasteiger partial charge is 0.322 e. The van der Waals surface area contributed by atoms with Crippen molar-refractivity contribution in [3.05, 3.63) is 59.4 Å². The van der Waals surface area contributed by atoms with Crippen LogP contribution in [0, 0.1) is 5.82 Å². The van der Waals surface area contributed by atoms with Gasteiger partial charge in [-0.25, -0.2) is 14.2 Å². The Kier molecular flexibility index (Phi) is 4.52. The molecule has 2 saturated heterocycles. The fourth-order valence-corrected chi connectivity index (χ4v) is 5.16. The number of carbonyl (C=O) groups is 1. The summed E-state index contributed by atoms with van der Waals surface area (Å²) in [6, 6.07) is 12.9. The number of carbonyl (C=O) groups excluding carboxylic acids is 1. The Bertz CT molecular complexity index is 1040. The molecule has 2 aromatic carbocycles. The molecule has 0 bridgehead atoms. The summed E-state index contributed by atoms with van der Waals surface area (Å²) in [5.74, 6) is -0.291. The third kappa shape index (κ3) is 3.38. The Morgan fingerprint density at radius 3 is 2.69 bits per heavy atom. The lowest BCUT2D eigenvalue weighted by Crippen LogP contribution is -2.52. The number of likely N-dealkylation sites (tertiary alicyclic amines) is 1. The van der Waals surface area contributed by atoms with Gasteiger partial charge in [-0.3, -0.25) is 9.80 Å². The van der Waals surface area contributed by atoms with Gasteiger partial charge >= 0.3 is 6.03 Å². The molecule has 2 fully saturated rings. The van der Waals surface area contributed by atoms with Crippen LogP contribution in [-0.4, -0.2) is 41.1 Å². The second kappa shape index (κ2) is 7.07. The lowest BCUT2D eigenvalue weighted by Gasteiger charge is -2.41. The molecule has 1 N–H and O–H groups in total. The van der Waals surface area contributed by atoms with Gasteiger partial charge in [-0.15, -0.1) is 11.3 Å². The van der Waals surface area contributed by atoms with Crippen LogP contribution in [0.2, 0.25) is 0 Å². The zero-order valence-electron chi connectivity index (χ0n) is 16.3. The summed E-state index contributed by atoms with van der Waals surface area (Å²) in [6.07, 6.45) is 1.81. The molecule has 150 valence electrons. The van der Waals surface area contributed by atoms with Gasteiger partial charge in [0.05, 0.1) is 27.8 Å². The van der Waals surface area contributed by atoms with Gasteiger partial charge < -0.3 is 5.32 Å². The van der Waals surface area contributed by atoms with Crippen molar-refractivity contribution in [2.75, 3.05) is 24.5 Å². The maximum absolute atomic E-state index is 13.2. The van der Waals surface area contributed by atoms with Crippen LogP contribution in [0.15, 0.2) is 48.0 Å². The predicted octanol–water partition coefficient (Wildman–Crippen LogP) is 4.56. The van der Waals surface area contributed by atoms with Crippen molar-refractivity contribution >= 4 is 33.3 Å². The van der Waals surface area contributed by atoms with Crippen molar-refractivity contribution in [3.63, 3.8) is 0 Å². The van der Waals surface area contributed by atoms with E-state index in [0.29, 0.717) is 12.6 Å². The molecule has 0 aliphatic carbocycles. The number of piperidine rings is 1. The number of rotatable bonds is 3. The fourth-order valence-electron chi connectivity index (χ4n) is 4.51. The molecule has 2 amide bonds.